The molecule has 0 N–H and O–H groups in total. The highest BCUT2D eigenvalue weighted by atomic mass is 15.2. The van der Waals surface area contributed by atoms with Gasteiger partial charge in [0.25, 0.3) is 0 Å². The van der Waals surface area contributed by atoms with E-state index in [1.165, 1.54) is 5.56 Å². The molecule has 3 heteroatoms. The third-order valence-electron chi connectivity index (χ3n) is 2.21. The third-order valence-corrected chi connectivity index (χ3v) is 2.21. The molecule has 0 bridgehead atoms. The predicted molar refractivity (Wildman–Crippen MR) is 69.0 cm³/mol. The van der Waals surface area contributed by atoms with Gasteiger partial charge < -0.3 is 4.90 Å². The Morgan fingerprint density at radius 2 is 2.12 bits per heavy atom. The van der Waals surface area contributed by atoms with Crippen LogP contribution in [0, 0.1) is 5.92 Å². The van der Waals surface area contributed by atoms with Crippen molar-refractivity contribution in [3.05, 3.63) is 24.0 Å². The molecule has 1 aliphatic heterocycles. The molecule has 1 aromatic rings. The zero-order chi connectivity index (χ0) is 12.0. The van der Waals surface area contributed by atoms with Gasteiger partial charge in [-0.2, -0.15) is 0 Å². The van der Waals surface area contributed by atoms with Crippen molar-refractivity contribution in [3.8, 4) is 0 Å². The van der Waals surface area contributed by atoms with Crippen molar-refractivity contribution in [2.24, 2.45) is 10.9 Å². The van der Waals surface area contributed by atoms with Gasteiger partial charge in [-0.1, -0.05) is 27.7 Å². The Hall–Kier alpha value is -1.38. The van der Waals surface area contributed by atoms with Gasteiger partial charge in [-0.05, 0) is 12.0 Å². The van der Waals surface area contributed by atoms with E-state index in [0.717, 1.165) is 18.8 Å². The number of rotatable bonds is 2. The predicted octanol–water partition coefficient (Wildman–Crippen LogP) is 3.24. The fraction of sp³-hybridized carbons (Fsp3) is 0.538. The van der Waals surface area contributed by atoms with E-state index in [4.69, 9.17) is 0 Å². The maximum absolute atomic E-state index is 4.39. The molecule has 2 heterocycles. The maximum Gasteiger partial charge on any atom is 0.0915 e. The van der Waals surface area contributed by atoms with E-state index in [1.807, 2.05) is 32.4 Å². The van der Waals surface area contributed by atoms with Crippen LogP contribution >= 0.6 is 0 Å². The minimum absolute atomic E-state index is 0.666. The van der Waals surface area contributed by atoms with Crippen LogP contribution in [0.4, 0.5) is 5.69 Å². The molecule has 88 valence electrons. The summed E-state index contributed by atoms with van der Waals surface area (Å²) in [5.74, 6) is 0.666. The Morgan fingerprint density at radius 3 is 2.81 bits per heavy atom. The molecule has 0 saturated heterocycles. The summed E-state index contributed by atoms with van der Waals surface area (Å²) in [6.45, 7) is 10.4. The number of fused-ring (bicyclic) bond motifs is 1. The molecular weight excluding hydrogens is 198 g/mol. The minimum atomic E-state index is 0.666. The molecule has 0 amide bonds. The third kappa shape index (κ3) is 3.33. The van der Waals surface area contributed by atoms with Gasteiger partial charge in [-0.3, -0.25) is 4.98 Å². The quantitative estimate of drug-likeness (QED) is 0.764. The van der Waals surface area contributed by atoms with Crippen LogP contribution in [0.5, 0.6) is 0 Å². The Morgan fingerprint density at radius 1 is 1.38 bits per heavy atom. The van der Waals surface area contributed by atoms with Crippen molar-refractivity contribution in [1.82, 2.24) is 9.88 Å². The molecule has 16 heavy (non-hydrogen) atoms. The van der Waals surface area contributed by atoms with E-state index < -0.39 is 0 Å². The lowest BCUT2D eigenvalue weighted by Crippen LogP contribution is -2.27. The Kier molecular flexibility index (Phi) is 4.96. The molecule has 0 saturated carbocycles. The number of aromatic nitrogens is 1. The van der Waals surface area contributed by atoms with E-state index in [9.17, 15) is 0 Å². The summed E-state index contributed by atoms with van der Waals surface area (Å²) in [6, 6.07) is 1.96. The summed E-state index contributed by atoms with van der Waals surface area (Å²) >= 11 is 0. The smallest absolute Gasteiger partial charge is 0.0915 e. The number of hydrogen-bond acceptors (Lipinski definition) is 3. The van der Waals surface area contributed by atoms with Crippen LogP contribution in [0.15, 0.2) is 23.5 Å². The monoisotopic (exact) mass is 219 g/mol. The second-order valence-corrected chi connectivity index (χ2v) is 4.07. The van der Waals surface area contributed by atoms with Gasteiger partial charge in [0.1, 0.15) is 0 Å². The average molecular weight is 219 g/mol. The molecule has 0 aliphatic carbocycles. The standard InChI is InChI=1S/C11H15N3.C2H6/c1-9(2)6-14-7-10-5-12-4-3-11(10)13-8-14;1-2/h3-5,8-9H,6-7H2,1-2H3;1-2H3. The largest absolute Gasteiger partial charge is 0.358 e. The van der Waals surface area contributed by atoms with Crippen molar-refractivity contribution >= 4 is 12.0 Å². The first kappa shape index (κ1) is 12.7. The Balaban J connectivity index is 0.000000606. The van der Waals surface area contributed by atoms with Gasteiger partial charge in [0.05, 0.1) is 12.0 Å². The lowest BCUT2D eigenvalue weighted by molar-refractivity contribution is 0.365. The fourth-order valence-electron chi connectivity index (χ4n) is 1.65. The Bertz CT molecular complexity index is 345. The summed E-state index contributed by atoms with van der Waals surface area (Å²) in [7, 11) is 0. The van der Waals surface area contributed by atoms with Crippen LogP contribution in [0.25, 0.3) is 0 Å². The van der Waals surface area contributed by atoms with Gasteiger partial charge in [0.15, 0.2) is 0 Å². The maximum atomic E-state index is 4.39. The highest BCUT2D eigenvalue weighted by molar-refractivity contribution is 5.66. The van der Waals surface area contributed by atoms with E-state index in [0.29, 0.717) is 5.92 Å². The first-order valence-corrected chi connectivity index (χ1v) is 5.97. The zero-order valence-corrected chi connectivity index (χ0v) is 10.6. The molecule has 1 aliphatic rings. The SMILES string of the molecule is CC.CC(C)CN1C=Nc2ccncc2C1. The van der Waals surface area contributed by atoms with Crippen LogP contribution in [-0.4, -0.2) is 22.8 Å². The minimum Gasteiger partial charge on any atom is -0.358 e. The van der Waals surface area contributed by atoms with E-state index in [2.05, 4.69) is 28.7 Å². The highest BCUT2D eigenvalue weighted by Gasteiger charge is 2.11. The second kappa shape index (κ2) is 6.26. The number of aliphatic imine (C=N–C) groups is 1. The fourth-order valence-corrected chi connectivity index (χ4v) is 1.65. The van der Waals surface area contributed by atoms with Crippen LogP contribution in [0.3, 0.4) is 0 Å². The first-order chi connectivity index (χ1) is 7.75. The van der Waals surface area contributed by atoms with Crippen LogP contribution in [0.1, 0.15) is 33.3 Å². The first-order valence-electron chi connectivity index (χ1n) is 5.97. The molecule has 2 rings (SSSR count). The molecule has 0 unspecified atom stereocenters. The van der Waals surface area contributed by atoms with Gasteiger partial charge in [0, 0.05) is 31.0 Å². The molecule has 0 atom stereocenters. The highest BCUT2D eigenvalue weighted by Crippen LogP contribution is 2.22. The zero-order valence-electron chi connectivity index (χ0n) is 10.6. The average Bonchev–Trinajstić information content (AvgIpc) is 2.31. The summed E-state index contributed by atoms with van der Waals surface area (Å²) in [5.41, 5.74) is 2.27. The van der Waals surface area contributed by atoms with Gasteiger partial charge in [0.2, 0.25) is 0 Å². The summed E-state index contributed by atoms with van der Waals surface area (Å²) < 4.78 is 0. The van der Waals surface area contributed by atoms with Crippen molar-refractivity contribution in [2.75, 3.05) is 6.54 Å². The topological polar surface area (TPSA) is 28.5 Å². The second-order valence-electron chi connectivity index (χ2n) is 4.07. The van der Waals surface area contributed by atoms with E-state index in [-0.39, 0.29) is 0 Å². The van der Waals surface area contributed by atoms with Gasteiger partial charge in [-0.15, -0.1) is 0 Å². The van der Waals surface area contributed by atoms with Crippen LogP contribution < -0.4 is 0 Å². The van der Waals surface area contributed by atoms with E-state index in [1.54, 1.807) is 6.20 Å². The summed E-state index contributed by atoms with van der Waals surface area (Å²) in [6.07, 6.45) is 5.62. The molecule has 0 aromatic carbocycles. The Labute approximate surface area is 98.2 Å². The van der Waals surface area contributed by atoms with Crippen molar-refractivity contribution < 1.29 is 0 Å². The lowest BCUT2D eigenvalue weighted by atomic mass is 10.1. The molecule has 0 radical (unpaired) electrons. The number of nitrogens with zero attached hydrogens (tertiary/aromatic N) is 3. The summed E-state index contributed by atoms with van der Waals surface area (Å²) in [5, 5.41) is 0. The molecule has 0 fully saturated rings. The van der Waals surface area contributed by atoms with Crippen molar-refractivity contribution in [1.29, 1.82) is 0 Å². The van der Waals surface area contributed by atoms with Crippen LogP contribution in [-0.2, 0) is 6.54 Å². The van der Waals surface area contributed by atoms with Crippen molar-refractivity contribution in [2.45, 2.75) is 34.2 Å². The van der Waals surface area contributed by atoms with Gasteiger partial charge >= 0.3 is 0 Å². The van der Waals surface area contributed by atoms with Crippen molar-refractivity contribution in [3.63, 3.8) is 0 Å². The number of pyridine rings is 1. The lowest BCUT2D eigenvalue weighted by Gasteiger charge is -2.25. The van der Waals surface area contributed by atoms with E-state index >= 15 is 0 Å². The van der Waals surface area contributed by atoms with Crippen LogP contribution in [0.2, 0.25) is 0 Å². The summed E-state index contributed by atoms with van der Waals surface area (Å²) in [4.78, 5) is 10.7. The molecule has 0 spiro atoms. The molecule has 3 nitrogen and oxygen atoms in total. The number of hydrogen-bond donors (Lipinski definition) is 0. The van der Waals surface area contributed by atoms with Gasteiger partial charge in [-0.25, -0.2) is 4.99 Å². The molecule has 1 aromatic heterocycles. The normalized spacial score (nSPS) is 13.2. The molecular formula is C13H21N3.